The van der Waals surface area contributed by atoms with Crippen LogP contribution >= 0.6 is 15.8 Å². The van der Waals surface area contributed by atoms with Gasteiger partial charge < -0.3 is 0 Å². The maximum Gasteiger partial charge on any atom is 0.0668 e. The molecule has 0 radical (unpaired) electrons. The molecule has 170 valence electrons. The summed E-state index contributed by atoms with van der Waals surface area (Å²) < 4.78 is 0. The third-order valence-corrected chi connectivity index (χ3v) is 12.4. The van der Waals surface area contributed by atoms with E-state index in [-0.39, 0.29) is 10.3 Å². The van der Waals surface area contributed by atoms with E-state index >= 15 is 0 Å². The van der Waals surface area contributed by atoms with Crippen LogP contribution in [0.4, 0.5) is 0 Å². The summed E-state index contributed by atoms with van der Waals surface area (Å²) in [5.74, 6) is 0. The lowest BCUT2D eigenvalue weighted by Crippen LogP contribution is -2.25. The SMILES string of the molecule is Cc1cccnc1P(Cc1ccccc1CP(c1ncccc1C)C(C)(C)C)C(C)(C)C. The van der Waals surface area contributed by atoms with Crippen LogP contribution in [0.15, 0.2) is 60.9 Å². The molecule has 0 saturated carbocycles. The Morgan fingerprint density at radius 1 is 0.594 bits per heavy atom. The topological polar surface area (TPSA) is 25.8 Å². The largest absolute Gasteiger partial charge is 0.256 e. The van der Waals surface area contributed by atoms with Crippen molar-refractivity contribution in [2.24, 2.45) is 0 Å². The molecule has 2 heterocycles. The van der Waals surface area contributed by atoms with E-state index in [1.165, 1.54) is 33.1 Å². The van der Waals surface area contributed by atoms with Gasteiger partial charge in [-0.2, -0.15) is 0 Å². The fraction of sp³-hybridized carbons (Fsp3) is 0.429. The average molecular weight is 465 g/mol. The summed E-state index contributed by atoms with van der Waals surface area (Å²) in [6.07, 6.45) is 6.05. The molecule has 0 aliphatic rings. The smallest absolute Gasteiger partial charge is 0.0668 e. The lowest BCUT2D eigenvalue weighted by molar-refractivity contribution is 0.781. The molecule has 0 fully saturated rings. The normalized spacial score (nSPS) is 14.2. The van der Waals surface area contributed by atoms with Crippen molar-refractivity contribution in [1.29, 1.82) is 0 Å². The zero-order valence-corrected chi connectivity index (χ0v) is 22.8. The monoisotopic (exact) mass is 464 g/mol. The van der Waals surface area contributed by atoms with Crippen molar-refractivity contribution in [3.8, 4) is 0 Å². The Morgan fingerprint density at radius 3 is 1.28 bits per heavy atom. The van der Waals surface area contributed by atoms with Gasteiger partial charge in [-0.25, -0.2) is 0 Å². The number of benzene rings is 1. The van der Waals surface area contributed by atoms with Crippen LogP contribution in [0.2, 0.25) is 0 Å². The van der Waals surface area contributed by atoms with Crippen LogP contribution in [0, 0.1) is 13.8 Å². The van der Waals surface area contributed by atoms with Gasteiger partial charge in [-0.05, 0) is 86.7 Å². The molecule has 0 aliphatic heterocycles. The first-order valence-electron chi connectivity index (χ1n) is 11.4. The van der Waals surface area contributed by atoms with Crippen LogP contribution in [-0.4, -0.2) is 20.3 Å². The average Bonchev–Trinajstić information content (AvgIpc) is 2.71. The molecule has 4 heteroatoms. The highest BCUT2D eigenvalue weighted by Gasteiger charge is 2.31. The van der Waals surface area contributed by atoms with Crippen molar-refractivity contribution in [2.45, 2.75) is 78.0 Å². The fourth-order valence-electron chi connectivity index (χ4n) is 3.99. The molecule has 0 saturated heterocycles. The summed E-state index contributed by atoms with van der Waals surface area (Å²) in [5.41, 5.74) is 8.17. The number of rotatable bonds is 6. The van der Waals surface area contributed by atoms with Crippen molar-refractivity contribution in [2.75, 3.05) is 0 Å². The third-order valence-electron chi connectivity index (χ3n) is 5.87. The molecular weight excluding hydrogens is 426 g/mol. The molecule has 0 amide bonds. The second-order valence-corrected chi connectivity index (χ2v) is 16.4. The molecule has 1 aromatic carbocycles. The number of pyridine rings is 2. The molecule has 32 heavy (non-hydrogen) atoms. The Hall–Kier alpha value is -1.62. The molecule has 2 nitrogen and oxygen atoms in total. The molecule has 2 aromatic heterocycles. The maximum atomic E-state index is 4.85. The Labute approximate surface area is 197 Å². The number of aromatic nitrogens is 2. The zero-order valence-electron chi connectivity index (χ0n) is 21.0. The summed E-state index contributed by atoms with van der Waals surface area (Å²) in [6.45, 7) is 18.6. The van der Waals surface area contributed by atoms with Gasteiger partial charge in [0.05, 0.1) is 10.9 Å². The van der Waals surface area contributed by atoms with Crippen molar-refractivity contribution in [1.82, 2.24) is 9.97 Å². The first-order chi connectivity index (χ1) is 15.0. The van der Waals surface area contributed by atoms with E-state index in [4.69, 9.17) is 9.97 Å². The first-order valence-corrected chi connectivity index (χ1v) is 14.5. The van der Waals surface area contributed by atoms with E-state index < -0.39 is 15.8 Å². The number of hydrogen-bond acceptors (Lipinski definition) is 2. The van der Waals surface area contributed by atoms with E-state index in [1.54, 1.807) is 0 Å². The van der Waals surface area contributed by atoms with Crippen LogP contribution in [0.3, 0.4) is 0 Å². The van der Waals surface area contributed by atoms with E-state index in [0.717, 1.165) is 12.3 Å². The Bertz CT molecular complexity index is 963. The molecule has 2 unspecified atom stereocenters. The molecule has 3 aromatic rings. The van der Waals surface area contributed by atoms with Crippen LogP contribution < -0.4 is 10.9 Å². The van der Waals surface area contributed by atoms with E-state index in [1.807, 2.05) is 12.4 Å². The lowest BCUT2D eigenvalue weighted by Gasteiger charge is -2.34. The van der Waals surface area contributed by atoms with Crippen molar-refractivity contribution >= 4 is 26.7 Å². The molecule has 0 aliphatic carbocycles. The fourth-order valence-corrected chi connectivity index (χ4v) is 9.22. The van der Waals surface area contributed by atoms with Crippen LogP contribution in [-0.2, 0) is 12.3 Å². The van der Waals surface area contributed by atoms with E-state index in [9.17, 15) is 0 Å². The van der Waals surface area contributed by atoms with Gasteiger partial charge in [-0.1, -0.05) is 77.9 Å². The minimum absolute atomic E-state index is 0.188. The lowest BCUT2D eigenvalue weighted by atomic mass is 10.1. The van der Waals surface area contributed by atoms with Gasteiger partial charge in [0.15, 0.2) is 0 Å². The summed E-state index contributed by atoms with van der Waals surface area (Å²) in [4.78, 5) is 9.71. The molecule has 3 rings (SSSR count). The van der Waals surface area contributed by atoms with Gasteiger partial charge in [0.2, 0.25) is 0 Å². The first kappa shape index (κ1) is 25.0. The second kappa shape index (κ2) is 10.1. The van der Waals surface area contributed by atoms with Crippen LogP contribution in [0.25, 0.3) is 0 Å². The summed E-state index contributed by atoms with van der Waals surface area (Å²) in [6, 6.07) is 17.6. The summed E-state index contributed by atoms with van der Waals surface area (Å²) >= 11 is 0. The Kier molecular flexibility index (Phi) is 7.90. The van der Waals surface area contributed by atoms with Crippen molar-refractivity contribution in [3.63, 3.8) is 0 Å². The van der Waals surface area contributed by atoms with Crippen molar-refractivity contribution in [3.05, 3.63) is 83.2 Å². The number of aryl methyl sites for hydroxylation is 2. The maximum absolute atomic E-state index is 4.85. The molecular formula is C28H38N2P2. The molecule has 0 bridgehead atoms. The zero-order chi connectivity index (χ0) is 23.5. The van der Waals surface area contributed by atoms with E-state index in [0.29, 0.717) is 0 Å². The quantitative estimate of drug-likeness (QED) is 0.358. The highest BCUT2D eigenvalue weighted by molar-refractivity contribution is 7.66. The third kappa shape index (κ3) is 6.03. The number of hydrogen-bond donors (Lipinski definition) is 0. The summed E-state index contributed by atoms with van der Waals surface area (Å²) in [5, 5.41) is 0.377. The van der Waals surface area contributed by atoms with Gasteiger partial charge >= 0.3 is 0 Å². The second-order valence-electron chi connectivity index (χ2n) is 10.6. The number of nitrogens with zero attached hydrogens (tertiary/aromatic N) is 2. The standard InChI is InChI=1S/C28H38N2P2/c1-21-13-11-17-29-25(21)31(27(3,4)5)19-23-15-9-10-16-24(23)20-32(28(6,7)8)26-22(2)14-12-18-30-26/h9-18H,19-20H2,1-8H3. The molecule has 0 N–H and O–H groups in total. The highest BCUT2D eigenvalue weighted by atomic mass is 31.1. The Morgan fingerprint density at radius 2 is 0.969 bits per heavy atom. The van der Waals surface area contributed by atoms with E-state index in [2.05, 4.69) is 104 Å². The highest BCUT2D eigenvalue weighted by Crippen LogP contribution is 2.54. The van der Waals surface area contributed by atoms with Gasteiger partial charge in [0, 0.05) is 12.4 Å². The summed E-state index contributed by atoms with van der Waals surface area (Å²) in [7, 11) is -0.886. The van der Waals surface area contributed by atoms with Gasteiger partial charge in [0.1, 0.15) is 0 Å². The Balaban J connectivity index is 2.01. The van der Waals surface area contributed by atoms with Gasteiger partial charge in [0.25, 0.3) is 0 Å². The van der Waals surface area contributed by atoms with Crippen LogP contribution in [0.5, 0.6) is 0 Å². The van der Waals surface area contributed by atoms with Crippen molar-refractivity contribution < 1.29 is 0 Å². The van der Waals surface area contributed by atoms with Gasteiger partial charge in [-0.3, -0.25) is 9.97 Å². The predicted molar refractivity (Wildman–Crippen MR) is 144 cm³/mol. The van der Waals surface area contributed by atoms with Gasteiger partial charge in [-0.15, -0.1) is 0 Å². The van der Waals surface area contributed by atoms with Crippen LogP contribution in [0.1, 0.15) is 63.8 Å². The molecule has 2 atom stereocenters. The molecule has 0 spiro atoms. The minimum atomic E-state index is -0.443. The predicted octanol–water partition coefficient (Wildman–Crippen LogP) is 7.31. The minimum Gasteiger partial charge on any atom is -0.256 e.